The average molecular weight is 853 g/mol. The normalized spacial score (nSPS) is 44.5. The lowest BCUT2D eigenvalue weighted by Gasteiger charge is -2.49. The lowest BCUT2D eigenvalue weighted by molar-refractivity contribution is -0.313. The van der Waals surface area contributed by atoms with Crippen LogP contribution in [0.5, 0.6) is 5.75 Å². The maximum Gasteiger partial charge on any atom is 0.311 e. The van der Waals surface area contributed by atoms with Gasteiger partial charge in [0, 0.05) is 31.4 Å². The lowest BCUT2D eigenvalue weighted by atomic mass is 9.77. The highest BCUT2D eigenvalue weighted by molar-refractivity contribution is 5.73. The van der Waals surface area contributed by atoms with Gasteiger partial charge in [0.1, 0.15) is 29.7 Å². The number of cyclic esters (lactones) is 1. The molecule has 60 heavy (non-hydrogen) atoms. The number of aliphatic hydroxyl groups excluding tert-OH is 2. The Morgan fingerprint density at radius 1 is 0.983 bits per heavy atom. The van der Waals surface area contributed by atoms with Gasteiger partial charge >= 0.3 is 5.97 Å². The summed E-state index contributed by atoms with van der Waals surface area (Å²) in [6, 6.07) is 8.93. The topological polar surface area (TPSA) is 201 Å². The minimum absolute atomic E-state index is 0.129. The van der Waals surface area contributed by atoms with Crippen LogP contribution in [0, 0.1) is 35.5 Å². The predicted molar refractivity (Wildman–Crippen MR) is 228 cm³/mol. The molecule has 346 valence electrons. The van der Waals surface area contributed by atoms with Crippen LogP contribution in [0.1, 0.15) is 108 Å². The summed E-state index contributed by atoms with van der Waals surface area (Å²) in [6.07, 6.45) is -5.23. The second-order valence-corrected chi connectivity index (χ2v) is 19.2. The number of benzene rings is 1. The van der Waals surface area contributed by atoms with Crippen molar-refractivity contribution in [2.24, 2.45) is 41.2 Å². The molecule has 14 nitrogen and oxygen atoms in total. The van der Waals surface area contributed by atoms with E-state index >= 15 is 0 Å². The number of esters is 1. The number of hydrogen-bond acceptors (Lipinski definition) is 14. The first-order valence-electron chi connectivity index (χ1n) is 22.4. The van der Waals surface area contributed by atoms with Gasteiger partial charge in [0.05, 0.1) is 48.1 Å². The van der Waals surface area contributed by atoms with Gasteiger partial charge in [-0.1, -0.05) is 45.9 Å². The van der Waals surface area contributed by atoms with Gasteiger partial charge in [-0.05, 0) is 117 Å². The van der Waals surface area contributed by atoms with Crippen LogP contribution in [0.2, 0.25) is 0 Å². The van der Waals surface area contributed by atoms with Crippen LogP contribution in [-0.4, -0.2) is 131 Å². The van der Waals surface area contributed by atoms with Crippen molar-refractivity contribution < 1.29 is 58.4 Å². The number of ether oxygens (including phenoxy) is 7. The Balaban J connectivity index is 1.83. The molecule has 1 aromatic rings. The van der Waals surface area contributed by atoms with E-state index in [1.165, 1.54) is 6.92 Å². The fourth-order valence-corrected chi connectivity index (χ4v) is 9.94. The van der Waals surface area contributed by atoms with Crippen LogP contribution in [-0.2, 0) is 33.2 Å². The summed E-state index contributed by atoms with van der Waals surface area (Å²) in [5, 5.41) is 49.6. The number of nitrogens with two attached hydrogens (primary N) is 1. The molecule has 0 amide bonds. The van der Waals surface area contributed by atoms with Crippen LogP contribution in [0.15, 0.2) is 30.3 Å². The highest BCUT2D eigenvalue weighted by atomic mass is 16.7. The summed E-state index contributed by atoms with van der Waals surface area (Å²) >= 11 is 0. The van der Waals surface area contributed by atoms with Gasteiger partial charge in [-0.25, -0.2) is 0 Å². The Bertz CT molecular complexity index is 1450. The van der Waals surface area contributed by atoms with Gasteiger partial charge in [0.2, 0.25) is 0 Å². The standard InChI is InChI=1S/C46H80N2O12/c1-13-37-46(11,53)40(50)30(6)48-24-27(3)21-44(9,52)41(60-43-36(57-34-17-15-14-16-18-34)20-33(31(7)56-43)19-26(2)23-47)28(4)39(29(5)42(51)58-37)59-38-22-45(10,54-12)35(25-49)32(8)55-38/h14-18,26-33,35-41,43,48-50,52-53H,13,19-25,47H2,1-12H3/t26?,27-,28+,29-,30-,31-,32+,33?,35?,36-,37-,38+,39+,40-,41-,43+,44-,45-,46-/m1/s1. The molecule has 0 saturated carbocycles. The first-order valence-corrected chi connectivity index (χ1v) is 22.4. The highest BCUT2D eigenvalue weighted by Crippen LogP contribution is 2.42. The molecule has 3 aliphatic heterocycles. The van der Waals surface area contributed by atoms with Crippen molar-refractivity contribution in [3.8, 4) is 5.75 Å². The van der Waals surface area contributed by atoms with Gasteiger partial charge in [-0.15, -0.1) is 0 Å². The molecule has 3 fully saturated rings. The molecule has 0 bridgehead atoms. The average Bonchev–Trinajstić information content (AvgIpc) is 3.20. The van der Waals surface area contributed by atoms with E-state index in [1.807, 2.05) is 65.0 Å². The van der Waals surface area contributed by atoms with Crippen molar-refractivity contribution >= 4 is 5.97 Å². The number of para-hydroxylation sites is 1. The summed E-state index contributed by atoms with van der Waals surface area (Å²) in [4.78, 5) is 14.4. The van der Waals surface area contributed by atoms with E-state index in [0.29, 0.717) is 25.3 Å². The van der Waals surface area contributed by atoms with E-state index in [4.69, 9.17) is 38.9 Å². The van der Waals surface area contributed by atoms with E-state index in [-0.39, 0.29) is 55.6 Å². The second-order valence-electron chi connectivity index (χ2n) is 19.2. The fourth-order valence-electron chi connectivity index (χ4n) is 9.94. The number of carbonyl (C=O) groups is 1. The van der Waals surface area contributed by atoms with Gasteiger partial charge in [-0.3, -0.25) is 4.79 Å². The Morgan fingerprint density at radius 3 is 2.25 bits per heavy atom. The minimum Gasteiger partial charge on any atom is -0.485 e. The van der Waals surface area contributed by atoms with Crippen molar-refractivity contribution in [1.82, 2.24) is 5.32 Å². The first-order chi connectivity index (χ1) is 28.1. The number of methoxy groups -OCH3 is 1. The largest absolute Gasteiger partial charge is 0.485 e. The summed E-state index contributed by atoms with van der Waals surface area (Å²) in [5.74, 6) is -1.80. The van der Waals surface area contributed by atoms with E-state index in [9.17, 15) is 25.2 Å². The van der Waals surface area contributed by atoms with E-state index in [1.54, 1.807) is 34.8 Å². The van der Waals surface area contributed by atoms with Crippen molar-refractivity contribution in [3.05, 3.63) is 30.3 Å². The Hall–Kier alpha value is -1.95. The van der Waals surface area contributed by atoms with Crippen LogP contribution >= 0.6 is 0 Å². The predicted octanol–water partition coefficient (Wildman–Crippen LogP) is 4.56. The lowest BCUT2D eigenvalue weighted by Crippen LogP contribution is -2.59. The monoisotopic (exact) mass is 853 g/mol. The van der Waals surface area contributed by atoms with Gasteiger partial charge < -0.3 is 64.6 Å². The highest BCUT2D eigenvalue weighted by Gasteiger charge is 2.52. The van der Waals surface area contributed by atoms with Crippen LogP contribution in [0.3, 0.4) is 0 Å². The SMILES string of the molecule is CC[C@H]1OC(=O)[C@H](C)[C@@H](O[C@H]2C[C@@](C)(OC)C(CO)[C@H](C)O2)[C@H](C)[C@@H](O[C@@H]2O[C@H](C)C(CC(C)CN)C[C@H]2Oc2ccccc2)[C@](C)(O)C[C@@H](C)CN[C@H](C)[C@@H](O)[C@]1(C)O. The Morgan fingerprint density at radius 2 is 1.65 bits per heavy atom. The number of aliphatic hydroxyl groups is 4. The van der Waals surface area contributed by atoms with E-state index < -0.39 is 89.9 Å². The van der Waals surface area contributed by atoms with E-state index in [2.05, 4.69) is 12.2 Å². The second kappa shape index (κ2) is 21.6. The third-order valence-electron chi connectivity index (χ3n) is 13.9. The van der Waals surface area contributed by atoms with Crippen molar-refractivity contribution in [2.45, 2.75) is 186 Å². The molecule has 1 aromatic carbocycles. The zero-order valence-corrected chi connectivity index (χ0v) is 38.4. The summed E-state index contributed by atoms with van der Waals surface area (Å²) < 4.78 is 45.9. The number of hydrogen-bond donors (Lipinski definition) is 6. The molecular formula is C46H80N2O12. The van der Waals surface area contributed by atoms with Gasteiger partial charge in [0.25, 0.3) is 0 Å². The molecule has 7 N–H and O–H groups in total. The van der Waals surface area contributed by atoms with Crippen molar-refractivity contribution in [3.63, 3.8) is 0 Å². The molecule has 3 saturated heterocycles. The van der Waals surface area contributed by atoms with Crippen molar-refractivity contribution in [1.29, 1.82) is 0 Å². The molecular weight excluding hydrogens is 773 g/mol. The maximum absolute atomic E-state index is 14.4. The van der Waals surface area contributed by atoms with Crippen LogP contribution < -0.4 is 15.8 Å². The van der Waals surface area contributed by atoms with Crippen molar-refractivity contribution in [2.75, 3.05) is 26.8 Å². The summed E-state index contributed by atoms with van der Waals surface area (Å²) in [6.45, 7) is 21.1. The maximum atomic E-state index is 14.4. The third-order valence-corrected chi connectivity index (χ3v) is 13.9. The molecule has 3 unspecified atom stereocenters. The minimum atomic E-state index is -1.80. The third kappa shape index (κ3) is 12.2. The number of nitrogens with one attached hydrogen (secondary N) is 1. The zero-order chi connectivity index (χ0) is 44.7. The summed E-state index contributed by atoms with van der Waals surface area (Å²) in [5.41, 5.74) is 1.90. The molecule has 3 heterocycles. The smallest absolute Gasteiger partial charge is 0.311 e. The van der Waals surface area contributed by atoms with Gasteiger partial charge in [-0.2, -0.15) is 0 Å². The molecule has 0 aliphatic carbocycles. The van der Waals surface area contributed by atoms with Gasteiger partial charge in [0.15, 0.2) is 12.6 Å². The quantitative estimate of drug-likeness (QED) is 0.160. The number of rotatable bonds is 12. The molecule has 0 aromatic heterocycles. The molecule has 4 rings (SSSR count). The fraction of sp³-hybridized carbons (Fsp3) is 0.848. The Kier molecular flexibility index (Phi) is 18.3. The molecule has 0 radical (unpaired) electrons. The van der Waals surface area contributed by atoms with Crippen LogP contribution in [0.4, 0.5) is 0 Å². The number of carbonyl (C=O) groups excluding carboxylic acids is 1. The molecule has 19 atom stereocenters. The molecule has 3 aliphatic rings. The molecule has 14 heteroatoms. The van der Waals surface area contributed by atoms with E-state index in [0.717, 1.165) is 6.42 Å². The summed E-state index contributed by atoms with van der Waals surface area (Å²) in [7, 11) is 1.59. The first kappa shape index (κ1) is 50.7. The molecule has 0 spiro atoms. The van der Waals surface area contributed by atoms with Crippen LogP contribution in [0.25, 0.3) is 0 Å². The zero-order valence-electron chi connectivity index (χ0n) is 38.4. The Labute approximate surface area is 359 Å².